The zero-order valence-electron chi connectivity index (χ0n) is 14.5. The van der Waals surface area contributed by atoms with Gasteiger partial charge in [0.25, 0.3) is 5.91 Å². The first kappa shape index (κ1) is 18.1. The topological polar surface area (TPSA) is 35.6 Å². The summed E-state index contributed by atoms with van der Waals surface area (Å²) in [6, 6.07) is 15.6. The van der Waals surface area contributed by atoms with Crippen molar-refractivity contribution in [3.63, 3.8) is 0 Å². The normalized spacial score (nSPS) is 15.9. The Hall–Kier alpha value is -1.69. The lowest BCUT2D eigenvalue weighted by Crippen LogP contribution is -2.45. The van der Waals surface area contributed by atoms with E-state index in [-0.39, 0.29) is 5.91 Å². The average molecular weight is 402 g/mol. The monoisotopic (exact) mass is 401 g/mol. The number of nitrogens with one attached hydrogen (secondary N) is 1. The van der Waals surface area contributed by atoms with Crippen molar-refractivity contribution in [2.24, 2.45) is 0 Å². The van der Waals surface area contributed by atoms with Gasteiger partial charge in [0.2, 0.25) is 0 Å². The number of carbonyl (C=O) groups excluding carboxylic acids is 1. The minimum atomic E-state index is -0.101. The van der Waals surface area contributed by atoms with Crippen LogP contribution in [0.25, 0.3) is 0 Å². The lowest BCUT2D eigenvalue weighted by molar-refractivity contribution is 0.102. The van der Waals surface area contributed by atoms with Crippen molar-refractivity contribution in [1.82, 2.24) is 9.80 Å². The Bertz CT molecular complexity index is 709. The van der Waals surface area contributed by atoms with Crippen molar-refractivity contribution < 1.29 is 4.79 Å². The number of hydrogen-bond donors (Lipinski definition) is 1. The SMILES string of the molecule is CCN1CCN(Cc2ccc(NC(=O)c3ccccc3Br)cc2)CC1. The van der Waals surface area contributed by atoms with E-state index in [0.717, 1.165) is 49.4 Å². The molecule has 0 aromatic heterocycles. The van der Waals surface area contributed by atoms with Gasteiger partial charge in [0, 0.05) is 42.9 Å². The minimum Gasteiger partial charge on any atom is -0.322 e. The van der Waals surface area contributed by atoms with Gasteiger partial charge in [-0.05, 0) is 52.3 Å². The molecule has 1 fully saturated rings. The maximum atomic E-state index is 12.3. The summed E-state index contributed by atoms with van der Waals surface area (Å²) in [6.45, 7) is 8.86. The van der Waals surface area contributed by atoms with Crippen LogP contribution in [0.5, 0.6) is 0 Å². The molecule has 1 aliphatic rings. The van der Waals surface area contributed by atoms with Gasteiger partial charge in [-0.3, -0.25) is 9.69 Å². The second-order valence-electron chi connectivity index (χ2n) is 6.34. The molecular formula is C20H24BrN3O. The van der Waals surface area contributed by atoms with Gasteiger partial charge in [-0.2, -0.15) is 0 Å². The Labute approximate surface area is 158 Å². The molecule has 3 rings (SSSR count). The zero-order valence-corrected chi connectivity index (χ0v) is 16.1. The first-order valence-electron chi connectivity index (χ1n) is 8.75. The number of anilines is 1. The van der Waals surface area contributed by atoms with Crippen molar-refractivity contribution in [3.05, 3.63) is 64.1 Å². The molecule has 0 saturated carbocycles. The molecule has 0 radical (unpaired) electrons. The number of carbonyl (C=O) groups is 1. The van der Waals surface area contributed by atoms with Gasteiger partial charge in [-0.25, -0.2) is 0 Å². The molecule has 1 amide bonds. The summed E-state index contributed by atoms with van der Waals surface area (Å²) in [7, 11) is 0. The van der Waals surface area contributed by atoms with Crippen LogP contribution in [-0.4, -0.2) is 48.4 Å². The number of benzene rings is 2. The number of rotatable bonds is 5. The molecule has 0 bridgehead atoms. The predicted octanol–water partition coefficient (Wildman–Crippen LogP) is 3.84. The van der Waals surface area contributed by atoms with E-state index in [9.17, 15) is 4.79 Å². The highest BCUT2D eigenvalue weighted by molar-refractivity contribution is 9.10. The maximum absolute atomic E-state index is 12.3. The largest absolute Gasteiger partial charge is 0.322 e. The number of hydrogen-bond acceptors (Lipinski definition) is 3. The van der Waals surface area contributed by atoms with Crippen LogP contribution in [0.3, 0.4) is 0 Å². The second-order valence-corrected chi connectivity index (χ2v) is 7.20. The van der Waals surface area contributed by atoms with Crippen LogP contribution in [0.15, 0.2) is 53.0 Å². The Morgan fingerprint density at radius 3 is 2.28 bits per heavy atom. The first-order chi connectivity index (χ1) is 12.2. The summed E-state index contributed by atoms with van der Waals surface area (Å²) in [6.07, 6.45) is 0. The molecule has 25 heavy (non-hydrogen) atoms. The van der Waals surface area contributed by atoms with E-state index in [4.69, 9.17) is 0 Å². The number of halogens is 1. The molecule has 1 N–H and O–H groups in total. The molecule has 2 aromatic carbocycles. The molecule has 0 unspecified atom stereocenters. The summed E-state index contributed by atoms with van der Waals surface area (Å²) in [5.41, 5.74) is 2.74. The lowest BCUT2D eigenvalue weighted by Gasteiger charge is -2.34. The van der Waals surface area contributed by atoms with Crippen LogP contribution < -0.4 is 5.32 Å². The predicted molar refractivity (Wildman–Crippen MR) is 106 cm³/mol. The molecular weight excluding hydrogens is 378 g/mol. The van der Waals surface area contributed by atoms with Crippen LogP contribution in [0.1, 0.15) is 22.8 Å². The smallest absolute Gasteiger partial charge is 0.256 e. The van der Waals surface area contributed by atoms with Crippen molar-refractivity contribution in [2.75, 3.05) is 38.0 Å². The minimum absolute atomic E-state index is 0.101. The van der Waals surface area contributed by atoms with Crippen LogP contribution in [0, 0.1) is 0 Å². The zero-order chi connectivity index (χ0) is 17.6. The quantitative estimate of drug-likeness (QED) is 0.826. The van der Waals surface area contributed by atoms with Crippen molar-refractivity contribution in [1.29, 1.82) is 0 Å². The van der Waals surface area contributed by atoms with Crippen LogP contribution in [-0.2, 0) is 6.54 Å². The number of nitrogens with zero attached hydrogens (tertiary/aromatic N) is 2. The fraction of sp³-hybridized carbons (Fsp3) is 0.350. The van der Waals surface area contributed by atoms with Crippen LogP contribution in [0.2, 0.25) is 0 Å². The number of likely N-dealkylation sites (N-methyl/N-ethyl adjacent to an activating group) is 1. The number of amides is 1. The highest BCUT2D eigenvalue weighted by Gasteiger charge is 2.15. The fourth-order valence-corrected chi connectivity index (χ4v) is 3.52. The lowest BCUT2D eigenvalue weighted by atomic mass is 10.1. The summed E-state index contributed by atoms with van der Waals surface area (Å²) < 4.78 is 0.801. The van der Waals surface area contributed by atoms with Gasteiger partial charge in [0.05, 0.1) is 5.56 Å². The summed E-state index contributed by atoms with van der Waals surface area (Å²) in [5.74, 6) is -0.101. The van der Waals surface area contributed by atoms with E-state index in [1.807, 2.05) is 36.4 Å². The third-order valence-corrected chi connectivity index (χ3v) is 5.34. The Kier molecular flexibility index (Phi) is 6.24. The summed E-state index contributed by atoms with van der Waals surface area (Å²) >= 11 is 3.42. The average Bonchev–Trinajstić information content (AvgIpc) is 2.64. The van der Waals surface area contributed by atoms with Crippen LogP contribution >= 0.6 is 15.9 Å². The molecule has 0 spiro atoms. The molecule has 0 aliphatic carbocycles. The van der Waals surface area contributed by atoms with Crippen molar-refractivity contribution in [2.45, 2.75) is 13.5 Å². The molecule has 1 saturated heterocycles. The third kappa shape index (κ3) is 4.91. The Morgan fingerprint density at radius 1 is 1.00 bits per heavy atom. The van der Waals surface area contributed by atoms with E-state index >= 15 is 0 Å². The van der Waals surface area contributed by atoms with Crippen molar-refractivity contribution >= 4 is 27.5 Å². The molecule has 1 heterocycles. The fourth-order valence-electron chi connectivity index (χ4n) is 3.06. The molecule has 5 heteroatoms. The molecule has 1 aliphatic heterocycles. The highest BCUT2D eigenvalue weighted by atomic mass is 79.9. The summed E-state index contributed by atoms with van der Waals surface area (Å²) in [4.78, 5) is 17.3. The first-order valence-corrected chi connectivity index (χ1v) is 9.54. The van der Waals surface area contributed by atoms with E-state index in [1.54, 1.807) is 0 Å². The maximum Gasteiger partial charge on any atom is 0.256 e. The molecule has 0 atom stereocenters. The molecule has 132 valence electrons. The van der Waals surface area contributed by atoms with Gasteiger partial charge in [-0.15, -0.1) is 0 Å². The standard InChI is InChI=1S/C20H24BrN3O/c1-2-23-11-13-24(14-12-23)15-16-7-9-17(10-8-16)22-20(25)18-5-3-4-6-19(18)21/h3-10H,2,11-15H2,1H3,(H,22,25). The van der Waals surface area contributed by atoms with Gasteiger partial charge in [-0.1, -0.05) is 31.2 Å². The Morgan fingerprint density at radius 2 is 1.64 bits per heavy atom. The van der Waals surface area contributed by atoms with E-state index in [0.29, 0.717) is 5.56 Å². The molecule has 2 aromatic rings. The van der Waals surface area contributed by atoms with E-state index in [1.165, 1.54) is 5.56 Å². The molecule has 4 nitrogen and oxygen atoms in total. The van der Waals surface area contributed by atoms with Gasteiger partial charge < -0.3 is 10.2 Å². The number of piperazine rings is 1. The van der Waals surface area contributed by atoms with Gasteiger partial charge in [0.1, 0.15) is 0 Å². The third-order valence-electron chi connectivity index (χ3n) is 4.65. The van der Waals surface area contributed by atoms with Crippen LogP contribution in [0.4, 0.5) is 5.69 Å². The van der Waals surface area contributed by atoms with Gasteiger partial charge in [0.15, 0.2) is 0 Å². The Balaban J connectivity index is 1.56. The highest BCUT2D eigenvalue weighted by Crippen LogP contribution is 2.18. The van der Waals surface area contributed by atoms with Gasteiger partial charge >= 0.3 is 0 Å². The second kappa shape index (κ2) is 8.61. The van der Waals surface area contributed by atoms with E-state index < -0.39 is 0 Å². The van der Waals surface area contributed by atoms with Crippen molar-refractivity contribution in [3.8, 4) is 0 Å². The summed E-state index contributed by atoms with van der Waals surface area (Å²) in [5, 5.41) is 2.95. The van der Waals surface area contributed by atoms with E-state index in [2.05, 4.69) is 50.1 Å².